The molecule has 0 radical (unpaired) electrons. The van der Waals surface area contributed by atoms with Crippen LogP contribution in [0.4, 0.5) is 0 Å². The van der Waals surface area contributed by atoms with Gasteiger partial charge in [0.25, 0.3) is 0 Å². The molecule has 136 valence electrons. The number of nitrogens with zero attached hydrogens (tertiary/aromatic N) is 4. The van der Waals surface area contributed by atoms with Crippen molar-refractivity contribution in [3.63, 3.8) is 0 Å². The highest BCUT2D eigenvalue weighted by Gasteiger charge is 2.21. The standard InChI is InChI=1S/C20H18N4O2S/c1-2-8-21-16(3-1)12-22-24-17(13-27-20(24)23-15-5-6-15)14-4-7-18-19(11-14)26-10-9-25-18/h1-4,7-8,11-13,15H,5-6,9-10H2/b22-12-,23-20?. The summed E-state index contributed by atoms with van der Waals surface area (Å²) in [5, 5.41) is 6.77. The molecule has 3 aromatic rings. The van der Waals surface area contributed by atoms with Crippen LogP contribution >= 0.6 is 11.3 Å². The van der Waals surface area contributed by atoms with Crippen molar-refractivity contribution in [2.75, 3.05) is 13.2 Å². The van der Waals surface area contributed by atoms with Crippen molar-refractivity contribution in [2.24, 2.45) is 10.1 Å². The summed E-state index contributed by atoms with van der Waals surface area (Å²) in [6, 6.07) is 12.2. The molecule has 2 aliphatic rings. The topological polar surface area (TPSA) is 61.0 Å². The molecular formula is C20H18N4O2S. The number of thiazole rings is 1. The summed E-state index contributed by atoms with van der Waals surface area (Å²) >= 11 is 1.60. The van der Waals surface area contributed by atoms with Crippen molar-refractivity contribution in [3.05, 3.63) is 58.5 Å². The van der Waals surface area contributed by atoms with E-state index in [4.69, 9.17) is 14.5 Å². The van der Waals surface area contributed by atoms with Crippen LogP contribution in [0, 0.1) is 0 Å². The Kier molecular flexibility index (Phi) is 4.21. The fourth-order valence-electron chi connectivity index (χ4n) is 2.83. The molecule has 1 aliphatic carbocycles. The Morgan fingerprint density at radius 1 is 1.11 bits per heavy atom. The van der Waals surface area contributed by atoms with Gasteiger partial charge in [0, 0.05) is 17.1 Å². The second-order valence-electron chi connectivity index (χ2n) is 6.43. The van der Waals surface area contributed by atoms with Crippen molar-refractivity contribution in [2.45, 2.75) is 18.9 Å². The van der Waals surface area contributed by atoms with E-state index in [2.05, 4.69) is 15.5 Å². The summed E-state index contributed by atoms with van der Waals surface area (Å²) < 4.78 is 13.3. The lowest BCUT2D eigenvalue weighted by atomic mass is 10.1. The number of aromatic nitrogens is 2. The normalized spacial score (nSPS) is 16.8. The summed E-state index contributed by atoms with van der Waals surface area (Å²) in [6.45, 7) is 1.16. The Morgan fingerprint density at radius 2 is 2.00 bits per heavy atom. The van der Waals surface area contributed by atoms with Crippen molar-refractivity contribution >= 4 is 17.6 Å². The molecule has 3 heterocycles. The first-order chi connectivity index (χ1) is 13.4. The largest absolute Gasteiger partial charge is 0.486 e. The summed E-state index contributed by atoms with van der Waals surface area (Å²) in [5.41, 5.74) is 2.80. The Bertz CT molecular complexity index is 1050. The van der Waals surface area contributed by atoms with Gasteiger partial charge < -0.3 is 9.47 Å². The predicted octanol–water partition coefficient (Wildman–Crippen LogP) is 3.33. The van der Waals surface area contributed by atoms with Crippen LogP contribution in [0.2, 0.25) is 0 Å². The lowest BCUT2D eigenvalue weighted by molar-refractivity contribution is 0.171. The van der Waals surface area contributed by atoms with Gasteiger partial charge in [0.05, 0.1) is 23.6 Å². The Balaban J connectivity index is 1.58. The smallest absolute Gasteiger partial charge is 0.206 e. The summed E-state index contributed by atoms with van der Waals surface area (Å²) in [4.78, 5) is 10.0. The third kappa shape index (κ3) is 3.50. The van der Waals surface area contributed by atoms with Gasteiger partial charge in [-0.15, -0.1) is 11.3 Å². The van der Waals surface area contributed by atoms with Crippen molar-refractivity contribution in [3.8, 4) is 22.8 Å². The molecule has 27 heavy (non-hydrogen) atoms. The van der Waals surface area contributed by atoms with E-state index in [1.807, 2.05) is 41.1 Å². The zero-order valence-electron chi connectivity index (χ0n) is 14.6. The second kappa shape index (κ2) is 7.00. The summed E-state index contributed by atoms with van der Waals surface area (Å²) in [6.07, 6.45) is 5.83. The van der Waals surface area contributed by atoms with Crippen LogP contribution in [0.5, 0.6) is 11.5 Å². The van der Waals surface area contributed by atoms with Gasteiger partial charge in [0.15, 0.2) is 11.5 Å². The summed E-state index contributed by atoms with van der Waals surface area (Å²) in [5.74, 6) is 1.55. The van der Waals surface area contributed by atoms with E-state index in [1.165, 1.54) is 0 Å². The van der Waals surface area contributed by atoms with Crippen LogP contribution in [0.1, 0.15) is 18.5 Å². The average Bonchev–Trinajstić information content (AvgIpc) is 3.45. The molecule has 0 spiro atoms. The maximum Gasteiger partial charge on any atom is 0.206 e. The molecule has 6 nitrogen and oxygen atoms in total. The Labute approximate surface area is 160 Å². The van der Waals surface area contributed by atoms with Gasteiger partial charge in [-0.3, -0.25) is 9.98 Å². The van der Waals surface area contributed by atoms with E-state index >= 15 is 0 Å². The number of benzene rings is 1. The van der Waals surface area contributed by atoms with Gasteiger partial charge >= 0.3 is 0 Å². The fraction of sp³-hybridized carbons (Fsp3) is 0.250. The zero-order chi connectivity index (χ0) is 18.1. The highest BCUT2D eigenvalue weighted by molar-refractivity contribution is 7.07. The van der Waals surface area contributed by atoms with Crippen LogP contribution < -0.4 is 14.3 Å². The molecule has 0 saturated heterocycles. The van der Waals surface area contributed by atoms with E-state index < -0.39 is 0 Å². The molecule has 7 heteroatoms. The molecule has 0 N–H and O–H groups in total. The van der Waals surface area contributed by atoms with Crippen LogP contribution in [0.3, 0.4) is 0 Å². The fourth-order valence-corrected chi connectivity index (χ4v) is 3.74. The Hall–Kier alpha value is -2.93. The molecular weight excluding hydrogens is 360 g/mol. The SMILES string of the molecule is C(=N/n1c(-c2ccc3c(c2)OCCO3)csc1=NC1CC1)/c1ccccn1. The van der Waals surface area contributed by atoms with Gasteiger partial charge in [-0.2, -0.15) is 5.10 Å². The minimum absolute atomic E-state index is 0.424. The van der Waals surface area contributed by atoms with E-state index in [9.17, 15) is 0 Å². The highest BCUT2D eigenvalue weighted by atomic mass is 32.1. The van der Waals surface area contributed by atoms with Gasteiger partial charge in [0.1, 0.15) is 13.2 Å². The molecule has 5 rings (SSSR count). The van der Waals surface area contributed by atoms with Gasteiger partial charge in [-0.1, -0.05) is 6.07 Å². The number of ether oxygens (including phenoxy) is 2. The van der Waals surface area contributed by atoms with E-state index in [-0.39, 0.29) is 0 Å². The molecule has 0 atom stereocenters. The number of fused-ring (bicyclic) bond motifs is 1. The lowest BCUT2D eigenvalue weighted by Crippen LogP contribution is -2.15. The molecule has 1 fully saturated rings. The maximum atomic E-state index is 5.73. The summed E-state index contributed by atoms with van der Waals surface area (Å²) in [7, 11) is 0. The van der Waals surface area contributed by atoms with Gasteiger partial charge in [-0.25, -0.2) is 4.68 Å². The Morgan fingerprint density at radius 3 is 2.81 bits per heavy atom. The zero-order valence-corrected chi connectivity index (χ0v) is 15.4. The first-order valence-corrected chi connectivity index (χ1v) is 9.84. The molecule has 1 saturated carbocycles. The maximum absolute atomic E-state index is 5.73. The van der Waals surface area contributed by atoms with Crippen molar-refractivity contribution in [1.82, 2.24) is 9.66 Å². The van der Waals surface area contributed by atoms with E-state index in [0.717, 1.165) is 46.1 Å². The van der Waals surface area contributed by atoms with Crippen molar-refractivity contribution < 1.29 is 9.47 Å². The minimum atomic E-state index is 0.424. The highest BCUT2D eigenvalue weighted by Crippen LogP contribution is 2.34. The molecule has 1 aliphatic heterocycles. The van der Waals surface area contributed by atoms with Gasteiger partial charge in [-0.05, 0) is 43.2 Å². The van der Waals surface area contributed by atoms with E-state index in [0.29, 0.717) is 19.3 Å². The first kappa shape index (κ1) is 16.3. The molecule has 0 bridgehead atoms. The number of rotatable bonds is 4. The molecule has 0 amide bonds. The molecule has 1 aromatic carbocycles. The lowest BCUT2D eigenvalue weighted by Gasteiger charge is -2.18. The molecule has 2 aromatic heterocycles. The first-order valence-electron chi connectivity index (χ1n) is 8.97. The van der Waals surface area contributed by atoms with Crippen LogP contribution in [0.15, 0.2) is 58.1 Å². The minimum Gasteiger partial charge on any atom is -0.486 e. The quantitative estimate of drug-likeness (QED) is 0.654. The third-order valence-corrected chi connectivity index (χ3v) is 5.19. The second-order valence-corrected chi connectivity index (χ2v) is 7.27. The molecule has 0 unspecified atom stereocenters. The number of pyridine rings is 1. The monoisotopic (exact) mass is 378 g/mol. The number of hydrogen-bond donors (Lipinski definition) is 0. The van der Waals surface area contributed by atoms with E-state index in [1.54, 1.807) is 23.7 Å². The van der Waals surface area contributed by atoms with Crippen LogP contribution in [-0.4, -0.2) is 35.1 Å². The van der Waals surface area contributed by atoms with Crippen LogP contribution in [0.25, 0.3) is 11.3 Å². The van der Waals surface area contributed by atoms with Crippen molar-refractivity contribution in [1.29, 1.82) is 0 Å². The van der Waals surface area contributed by atoms with Crippen LogP contribution in [-0.2, 0) is 0 Å². The predicted molar refractivity (Wildman–Crippen MR) is 105 cm³/mol. The third-order valence-electron chi connectivity index (χ3n) is 4.36. The number of hydrogen-bond acceptors (Lipinski definition) is 6. The average molecular weight is 378 g/mol. The van der Waals surface area contributed by atoms with Gasteiger partial charge in [0.2, 0.25) is 4.80 Å².